The molecule has 0 radical (unpaired) electrons. The molecule has 0 fully saturated rings. The number of phenolic OH excluding ortho intramolecular Hbond substituents is 1. The summed E-state index contributed by atoms with van der Waals surface area (Å²) in [7, 11) is 0. The van der Waals surface area contributed by atoms with Gasteiger partial charge in [-0.05, 0) is 29.8 Å². The molecule has 0 aromatic heterocycles. The summed E-state index contributed by atoms with van der Waals surface area (Å²) in [5, 5.41) is 12.6. The molecule has 0 unspecified atom stereocenters. The van der Waals surface area contributed by atoms with Crippen LogP contribution in [0.1, 0.15) is 5.56 Å². The molecule has 1 heterocycles. The zero-order chi connectivity index (χ0) is 13.8. The van der Waals surface area contributed by atoms with Gasteiger partial charge in [0.15, 0.2) is 11.5 Å². The van der Waals surface area contributed by atoms with E-state index in [1.54, 1.807) is 12.1 Å². The molecule has 3 rings (SSSR count). The predicted octanol–water partition coefficient (Wildman–Crippen LogP) is 2.32. The Labute approximate surface area is 118 Å². The molecule has 2 aromatic carbocycles. The molecule has 0 amide bonds. The number of aromatic hydroxyl groups is 1. The van der Waals surface area contributed by atoms with Crippen molar-refractivity contribution in [2.24, 2.45) is 0 Å². The number of fused-ring (bicyclic) bond motifs is 1. The van der Waals surface area contributed by atoms with E-state index in [4.69, 9.17) is 9.47 Å². The average molecular weight is 271 g/mol. The molecule has 20 heavy (non-hydrogen) atoms. The van der Waals surface area contributed by atoms with Gasteiger partial charge in [0.25, 0.3) is 0 Å². The largest absolute Gasteiger partial charge is 0.508 e. The summed E-state index contributed by atoms with van der Waals surface area (Å²) in [6.45, 7) is 2.01. The fourth-order valence-electron chi connectivity index (χ4n) is 2.15. The third kappa shape index (κ3) is 3.03. The van der Waals surface area contributed by atoms with Gasteiger partial charge in [-0.3, -0.25) is 0 Å². The van der Waals surface area contributed by atoms with Crippen molar-refractivity contribution in [2.75, 3.05) is 13.2 Å². The minimum absolute atomic E-state index is 0.0158. The van der Waals surface area contributed by atoms with Crippen LogP contribution in [0.3, 0.4) is 0 Å². The first-order chi connectivity index (χ1) is 9.81. The molecule has 1 atom stereocenters. The standard InChI is InChI=1S/C16H17NO3/c18-13-7-5-12(6-8-13)9-17-10-14-11-19-15-3-1-2-4-16(15)20-14/h1-8,14,17-18H,9-11H2/t14-/m0/s1. The molecule has 104 valence electrons. The van der Waals surface area contributed by atoms with Crippen LogP contribution in [0.2, 0.25) is 0 Å². The molecular weight excluding hydrogens is 254 g/mol. The number of para-hydroxylation sites is 2. The third-order valence-corrected chi connectivity index (χ3v) is 3.20. The Balaban J connectivity index is 1.49. The van der Waals surface area contributed by atoms with Gasteiger partial charge in [-0.25, -0.2) is 0 Å². The van der Waals surface area contributed by atoms with Crippen molar-refractivity contribution in [1.82, 2.24) is 5.32 Å². The third-order valence-electron chi connectivity index (χ3n) is 3.20. The molecule has 4 nitrogen and oxygen atoms in total. The van der Waals surface area contributed by atoms with E-state index in [1.165, 1.54) is 0 Å². The van der Waals surface area contributed by atoms with Crippen LogP contribution >= 0.6 is 0 Å². The lowest BCUT2D eigenvalue weighted by Crippen LogP contribution is -2.38. The van der Waals surface area contributed by atoms with E-state index in [-0.39, 0.29) is 11.9 Å². The van der Waals surface area contributed by atoms with E-state index < -0.39 is 0 Å². The Morgan fingerprint density at radius 1 is 1.05 bits per heavy atom. The van der Waals surface area contributed by atoms with Gasteiger partial charge in [0.1, 0.15) is 18.5 Å². The lowest BCUT2D eigenvalue weighted by Gasteiger charge is -2.26. The Bertz CT molecular complexity index is 568. The maximum absolute atomic E-state index is 9.22. The van der Waals surface area contributed by atoms with Gasteiger partial charge < -0.3 is 19.9 Å². The van der Waals surface area contributed by atoms with Crippen molar-refractivity contribution in [1.29, 1.82) is 0 Å². The van der Waals surface area contributed by atoms with Crippen LogP contribution in [0.5, 0.6) is 17.2 Å². The highest BCUT2D eigenvalue weighted by Gasteiger charge is 2.19. The Hall–Kier alpha value is -2.20. The first-order valence-corrected chi connectivity index (χ1v) is 6.68. The number of ether oxygens (including phenoxy) is 2. The second-order valence-electron chi connectivity index (χ2n) is 4.79. The van der Waals surface area contributed by atoms with Crippen LogP contribution in [-0.4, -0.2) is 24.4 Å². The van der Waals surface area contributed by atoms with Crippen molar-refractivity contribution in [3.8, 4) is 17.2 Å². The van der Waals surface area contributed by atoms with Gasteiger partial charge >= 0.3 is 0 Å². The van der Waals surface area contributed by atoms with Crippen LogP contribution in [0.4, 0.5) is 0 Å². The molecule has 0 saturated carbocycles. The molecular formula is C16H17NO3. The molecule has 0 saturated heterocycles. The van der Waals surface area contributed by atoms with Crippen molar-refractivity contribution in [2.45, 2.75) is 12.6 Å². The number of hydrogen-bond donors (Lipinski definition) is 2. The highest BCUT2D eigenvalue weighted by molar-refractivity contribution is 5.40. The van der Waals surface area contributed by atoms with Crippen molar-refractivity contribution in [3.63, 3.8) is 0 Å². The summed E-state index contributed by atoms with van der Waals surface area (Å²) in [4.78, 5) is 0. The second kappa shape index (κ2) is 5.84. The van der Waals surface area contributed by atoms with Gasteiger partial charge in [0, 0.05) is 13.1 Å². The minimum Gasteiger partial charge on any atom is -0.508 e. The molecule has 1 aliphatic heterocycles. The van der Waals surface area contributed by atoms with Crippen molar-refractivity contribution >= 4 is 0 Å². The van der Waals surface area contributed by atoms with Gasteiger partial charge in [-0.15, -0.1) is 0 Å². The zero-order valence-electron chi connectivity index (χ0n) is 11.1. The molecule has 2 N–H and O–H groups in total. The normalized spacial score (nSPS) is 16.9. The predicted molar refractivity (Wildman–Crippen MR) is 76.2 cm³/mol. The van der Waals surface area contributed by atoms with E-state index in [0.29, 0.717) is 6.61 Å². The summed E-state index contributed by atoms with van der Waals surface area (Å²) in [6.07, 6.45) is 0.0158. The number of nitrogens with one attached hydrogen (secondary N) is 1. The molecule has 1 aliphatic rings. The Morgan fingerprint density at radius 3 is 2.60 bits per heavy atom. The second-order valence-corrected chi connectivity index (χ2v) is 4.79. The van der Waals surface area contributed by atoms with Gasteiger partial charge in [-0.1, -0.05) is 24.3 Å². The average Bonchev–Trinajstić information content (AvgIpc) is 2.49. The fraction of sp³-hybridized carbons (Fsp3) is 0.250. The van der Waals surface area contributed by atoms with Gasteiger partial charge in [-0.2, -0.15) is 0 Å². The van der Waals surface area contributed by atoms with E-state index in [1.807, 2.05) is 36.4 Å². The van der Waals surface area contributed by atoms with Crippen LogP contribution < -0.4 is 14.8 Å². The highest BCUT2D eigenvalue weighted by Crippen LogP contribution is 2.30. The van der Waals surface area contributed by atoms with Gasteiger partial charge in [0.05, 0.1) is 0 Å². The lowest BCUT2D eigenvalue weighted by molar-refractivity contribution is 0.0902. The van der Waals surface area contributed by atoms with Gasteiger partial charge in [0.2, 0.25) is 0 Å². The summed E-state index contributed by atoms with van der Waals surface area (Å²) in [6, 6.07) is 14.9. The quantitative estimate of drug-likeness (QED) is 0.896. The molecule has 4 heteroatoms. The first-order valence-electron chi connectivity index (χ1n) is 6.68. The highest BCUT2D eigenvalue weighted by atomic mass is 16.6. The van der Waals surface area contributed by atoms with Crippen LogP contribution in [0.15, 0.2) is 48.5 Å². The monoisotopic (exact) mass is 271 g/mol. The number of rotatable bonds is 4. The number of benzene rings is 2. The number of hydrogen-bond acceptors (Lipinski definition) is 4. The SMILES string of the molecule is Oc1ccc(CNC[C@H]2COc3ccccc3O2)cc1. The van der Waals surface area contributed by atoms with Crippen LogP contribution in [0, 0.1) is 0 Å². The zero-order valence-corrected chi connectivity index (χ0v) is 11.1. The van der Waals surface area contributed by atoms with Crippen molar-refractivity contribution < 1.29 is 14.6 Å². The summed E-state index contributed by atoms with van der Waals surface area (Å²) in [5.41, 5.74) is 1.12. The lowest BCUT2D eigenvalue weighted by atomic mass is 10.2. The maximum atomic E-state index is 9.22. The first kappa shape index (κ1) is 12.8. The summed E-state index contributed by atoms with van der Waals surface area (Å²) >= 11 is 0. The minimum atomic E-state index is 0.0158. The van der Waals surface area contributed by atoms with Crippen LogP contribution in [-0.2, 0) is 6.54 Å². The molecule has 0 spiro atoms. The van der Waals surface area contributed by atoms with E-state index in [0.717, 1.165) is 30.2 Å². The molecule has 0 aliphatic carbocycles. The summed E-state index contributed by atoms with van der Waals surface area (Å²) < 4.78 is 11.5. The fourth-order valence-corrected chi connectivity index (χ4v) is 2.15. The van der Waals surface area contributed by atoms with E-state index >= 15 is 0 Å². The Morgan fingerprint density at radius 2 is 1.80 bits per heavy atom. The maximum Gasteiger partial charge on any atom is 0.161 e. The smallest absolute Gasteiger partial charge is 0.161 e. The molecule has 0 bridgehead atoms. The van der Waals surface area contributed by atoms with E-state index in [9.17, 15) is 5.11 Å². The van der Waals surface area contributed by atoms with Crippen molar-refractivity contribution in [3.05, 3.63) is 54.1 Å². The molecule has 2 aromatic rings. The van der Waals surface area contributed by atoms with Crippen LogP contribution in [0.25, 0.3) is 0 Å². The Kier molecular flexibility index (Phi) is 3.74. The number of phenols is 1. The topological polar surface area (TPSA) is 50.7 Å². The summed E-state index contributed by atoms with van der Waals surface area (Å²) in [5.74, 6) is 1.90. The van der Waals surface area contributed by atoms with E-state index in [2.05, 4.69) is 5.32 Å².